The van der Waals surface area contributed by atoms with Crippen molar-refractivity contribution < 1.29 is 4.79 Å². The van der Waals surface area contributed by atoms with Crippen LogP contribution in [0.3, 0.4) is 0 Å². The Kier molecular flexibility index (Phi) is 2.76. The van der Waals surface area contributed by atoms with Crippen molar-refractivity contribution in [2.45, 2.75) is 44.4 Å². The van der Waals surface area contributed by atoms with Gasteiger partial charge in [-0.2, -0.15) is 0 Å². The Labute approximate surface area is 103 Å². The molecule has 0 heterocycles. The number of hydrogen-bond donors (Lipinski definition) is 1. The third kappa shape index (κ3) is 2.08. The lowest BCUT2D eigenvalue weighted by Crippen LogP contribution is -2.31. The predicted octanol–water partition coefficient (Wildman–Crippen LogP) is 2.76. The summed E-state index contributed by atoms with van der Waals surface area (Å²) in [6, 6.07) is 8.53. The molecule has 0 aromatic heterocycles. The zero-order valence-corrected chi connectivity index (χ0v) is 11.1. The van der Waals surface area contributed by atoms with Crippen LogP contribution in [-0.4, -0.2) is 13.0 Å². The Hall–Kier alpha value is -1.31. The summed E-state index contributed by atoms with van der Waals surface area (Å²) in [6.45, 7) is 6.61. The van der Waals surface area contributed by atoms with Crippen molar-refractivity contribution in [3.05, 3.63) is 35.4 Å². The third-order valence-electron chi connectivity index (χ3n) is 3.72. The van der Waals surface area contributed by atoms with Crippen molar-refractivity contribution in [1.29, 1.82) is 0 Å². The summed E-state index contributed by atoms with van der Waals surface area (Å²) in [6.07, 6.45) is 1.95. The Bertz CT molecular complexity index is 421. The van der Waals surface area contributed by atoms with Crippen LogP contribution in [0.1, 0.15) is 44.7 Å². The molecular formula is C15H21NO. The zero-order chi connectivity index (χ0) is 12.7. The molecule has 2 rings (SSSR count). The average Bonchev–Trinajstić information content (AvgIpc) is 3.08. The Morgan fingerprint density at radius 1 is 1.18 bits per heavy atom. The Morgan fingerprint density at radius 3 is 2.06 bits per heavy atom. The van der Waals surface area contributed by atoms with Gasteiger partial charge in [-0.1, -0.05) is 45.0 Å². The van der Waals surface area contributed by atoms with Gasteiger partial charge in [-0.05, 0) is 29.4 Å². The fourth-order valence-corrected chi connectivity index (χ4v) is 2.30. The second-order valence-corrected chi connectivity index (χ2v) is 5.99. The summed E-state index contributed by atoms with van der Waals surface area (Å²) in [5.41, 5.74) is 2.41. The summed E-state index contributed by atoms with van der Waals surface area (Å²) >= 11 is 0. The summed E-state index contributed by atoms with van der Waals surface area (Å²) in [4.78, 5) is 11.9. The molecule has 0 saturated heterocycles. The lowest BCUT2D eigenvalue weighted by Gasteiger charge is -2.20. The summed E-state index contributed by atoms with van der Waals surface area (Å²) < 4.78 is 0. The number of benzene rings is 1. The number of nitrogens with one attached hydrogen (secondary N) is 1. The van der Waals surface area contributed by atoms with Gasteiger partial charge in [0.2, 0.25) is 5.91 Å². The van der Waals surface area contributed by atoms with Crippen LogP contribution in [0.25, 0.3) is 0 Å². The number of amides is 1. The molecule has 1 aromatic carbocycles. The molecule has 2 nitrogen and oxygen atoms in total. The monoisotopic (exact) mass is 231 g/mol. The van der Waals surface area contributed by atoms with Crippen LogP contribution >= 0.6 is 0 Å². The number of likely N-dealkylation sites (N-methyl/N-ethyl adjacent to an activating group) is 1. The van der Waals surface area contributed by atoms with E-state index in [-0.39, 0.29) is 16.7 Å². The van der Waals surface area contributed by atoms with Gasteiger partial charge in [-0.3, -0.25) is 4.79 Å². The van der Waals surface area contributed by atoms with Gasteiger partial charge >= 0.3 is 0 Å². The van der Waals surface area contributed by atoms with Gasteiger partial charge in [0.25, 0.3) is 0 Å². The van der Waals surface area contributed by atoms with Gasteiger partial charge in [0, 0.05) is 7.05 Å². The number of hydrogen-bond acceptors (Lipinski definition) is 1. The van der Waals surface area contributed by atoms with E-state index in [0.29, 0.717) is 0 Å². The van der Waals surface area contributed by atoms with Gasteiger partial charge in [-0.15, -0.1) is 0 Å². The van der Waals surface area contributed by atoms with Crippen LogP contribution in [0, 0.1) is 0 Å². The molecule has 1 N–H and O–H groups in total. The van der Waals surface area contributed by atoms with Gasteiger partial charge in [0.15, 0.2) is 0 Å². The molecule has 1 fully saturated rings. The van der Waals surface area contributed by atoms with E-state index in [1.54, 1.807) is 7.05 Å². The zero-order valence-electron chi connectivity index (χ0n) is 11.1. The molecule has 0 unspecified atom stereocenters. The smallest absolute Gasteiger partial charge is 0.230 e. The van der Waals surface area contributed by atoms with Gasteiger partial charge in [0.05, 0.1) is 5.41 Å². The topological polar surface area (TPSA) is 29.1 Å². The molecule has 1 saturated carbocycles. The molecule has 92 valence electrons. The highest BCUT2D eigenvalue weighted by molar-refractivity contribution is 5.91. The van der Waals surface area contributed by atoms with E-state index in [1.807, 2.05) is 0 Å². The third-order valence-corrected chi connectivity index (χ3v) is 3.72. The second kappa shape index (κ2) is 3.86. The first-order valence-electron chi connectivity index (χ1n) is 6.23. The Morgan fingerprint density at radius 2 is 1.71 bits per heavy atom. The van der Waals surface area contributed by atoms with Gasteiger partial charge in [-0.25, -0.2) is 0 Å². The molecule has 1 amide bonds. The largest absolute Gasteiger partial charge is 0.358 e. The highest BCUT2D eigenvalue weighted by atomic mass is 16.2. The van der Waals surface area contributed by atoms with Crippen molar-refractivity contribution in [3.63, 3.8) is 0 Å². The molecule has 1 aliphatic rings. The maximum atomic E-state index is 11.9. The minimum absolute atomic E-state index is 0.154. The first-order chi connectivity index (χ1) is 7.90. The van der Waals surface area contributed by atoms with Crippen LogP contribution in [0.15, 0.2) is 24.3 Å². The van der Waals surface area contributed by atoms with E-state index in [4.69, 9.17) is 0 Å². The predicted molar refractivity (Wildman–Crippen MR) is 70.1 cm³/mol. The minimum Gasteiger partial charge on any atom is -0.358 e. The quantitative estimate of drug-likeness (QED) is 0.833. The van der Waals surface area contributed by atoms with Crippen LogP contribution in [-0.2, 0) is 15.6 Å². The molecular weight excluding hydrogens is 210 g/mol. The molecule has 1 aliphatic carbocycles. The highest BCUT2D eigenvalue weighted by Gasteiger charge is 2.50. The van der Waals surface area contributed by atoms with E-state index in [9.17, 15) is 4.79 Å². The maximum Gasteiger partial charge on any atom is 0.230 e. The van der Waals surface area contributed by atoms with Crippen molar-refractivity contribution >= 4 is 5.91 Å². The first kappa shape index (κ1) is 12.2. The summed E-state index contributed by atoms with van der Waals surface area (Å²) in [7, 11) is 1.71. The fourth-order valence-electron chi connectivity index (χ4n) is 2.30. The standard InChI is InChI=1S/C15H21NO/c1-14(2,3)11-5-7-12(8-6-11)15(9-10-15)13(17)16-4/h5-8H,9-10H2,1-4H3,(H,16,17). The van der Waals surface area contributed by atoms with Gasteiger partial charge in [0.1, 0.15) is 0 Å². The van der Waals surface area contributed by atoms with E-state index in [0.717, 1.165) is 18.4 Å². The van der Waals surface area contributed by atoms with Crippen molar-refractivity contribution in [2.24, 2.45) is 0 Å². The maximum absolute atomic E-state index is 11.9. The van der Waals surface area contributed by atoms with Crippen LogP contribution < -0.4 is 5.32 Å². The van der Waals surface area contributed by atoms with Crippen LogP contribution in [0.5, 0.6) is 0 Å². The van der Waals surface area contributed by atoms with Crippen molar-refractivity contribution in [3.8, 4) is 0 Å². The van der Waals surface area contributed by atoms with E-state index >= 15 is 0 Å². The molecule has 0 spiro atoms. The normalized spacial score (nSPS) is 17.6. The number of carbonyl (C=O) groups is 1. The van der Waals surface area contributed by atoms with E-state index < -0.39 is 0 Å². The second-order valence-electron chi connectivity index (χ2n) is 5.99. The fraction of sp³-hybridized carbons (Fsp3) is 0.533. The summed E-state index contributed by atoms with van der Waals surface area (Å²) in [5.74, 6) is 0.154. The van der Waals surface area contributed by atoms with Crippen LogP contribution in [0.2, 0.25) is 0 Å². The minimum atomic E-state index is -0.231. The summed E-state index contributed by atoms with van der Waals surface area (Å²) in [5, 5.41) is 2.77. The van der Waals surface area contributed by atoms with Gasteiger partial charge < -0.3 is 5.32 Å². The van der Waals surface area contributed by atoms with Crippen LogP contribution in [0.4, 0.5) is 0 Å². The lowest BCUT2D eigenvalue weighted by molar-refractivity contribution is -0.123. The SMILES string of the molecule is CNC(=O)C1(c2ccc(C(C)(C)C)cc2)CC1. The molecule has 2 heteroatoms. The number of carbonyl (C=O) groups excluding carboxylic acids is 1. The van der Waals surface area contributed by atoms with E-state index in [2.05, 4.69) is 50.4 Å². The van der Waals surface area contributed by atoms with E-state index in [1.165, 1.54) is 5.56 Å². The number of rotatable bonds is 2. The lowest BCUT2D eigenvalue weighted by atomic mass is 9.85. The molecule has 1 aromatic rings. The highest BCUT2D eigenvalue weighted by Crippen LogP contribution is 2.48. The Balaban J connectivity index is 2.28. The van der Waals surface area contributed by atoms with Crippen molar-refractivity contribution in [2.75, 3.05) is 7.05 Å². The van der Waals surface area contributed by atoms with Crippen molar-refractivity contribution in [1.82, 2.24) is 5.32 Å². The molecule has 0 bridgehead atoms. The molecule has 0 aliphatic heterocycles. The molecule has 0 atom stereocenters. The molecule has 17 heavy (non-hydrogen) atoms. The first-order valence-corrected chi connectivity index (χ1v) is 6.23. The molecule has 0 radical (unpaired) electrons. The average molecular weight is 231 g/mol.